The lowest BCUT2D eigenvalue weighted by molar-refractivity contribution is 1.20. The Bertz CT molecular complexity index is 659. The highest BCUT2D eigenvalue weighted by Crippen LogP contribution is 2.31. The molecule has 3 heterocycles. The summed E-state index contributed by atoms with van der Waals surface area (Å²) < 4.78 is 3.09. The Morgan fingerprint density at radius 3 is 3.06 bits per heavy atom. The standard InChI is InChI=1S/C11H6BrClN2S/c12-7-4-10(16-6-7)9-5-14-11-8(13)2-1-3-15(9)11/h1-6H. The molecule has 0 saturated carbocycles. The molecule has 0 aliphatic carbocycles. The molecule has 0 bridgehead atoms. The van der Waals surface area contributed by atoms with Crippen molar-refractivity contribution in [1.29, 1.82) is 0 Å². The second-order valence-electron chi connectivity index (χ2n) is 3.32. The van der Waals surface area contributed by atoms with Gasteiger partial charge < -0.3 is 0 Å². The molecule has 0 aromatic carbocycles. The topological polar surface area (TPSA) is 17.3 Å². The summed E-state index contributed by atoms with van der Waals surface area (Å²) in [6.45, 7) is 0. The summed E-state index contributed by atoms with van der Waals surface area (Å²) >= 11 is 11.2. The normalized spacial score (nSPS) is 11.1. The van der Waals surface area contributed by atoms with E-state index in [0.29, 0.717) is 5.02 Å². The van der Waals surface area contributed by atoms with Crippen molar-refractivity contribution >= 4 is 44.5 Å². The third-order valence-electron chi connectivity index (χ3n) is 2.31. The van der Waals surface area contributed by atoms with Gasteiger partial charge in [0.15, 0.2) is 5.65 Å². The Balaban J connectivity index is 2.29. The van der Waals surface area contributed by atoms with E-state index in [4.69, 9.17) is 11.6 Å². The number of aromatic nitrogens is 2. The van der Waals surface area contributed by atoms with Crippen molar-refractivity contribution in [2.24, 2.45) is 0 Å². The van der Waals surface area contributed by atoms with E-state index in [0.717, 1.165) is 15.8 Å². The van der Waals surface area contributed by atoms with E-state index in [1.165, 1.54) is 4.88 Å². The molecular weight excluding hydrogens is 308 g/mol. The molecule has 0 radical (unpaired) electrons. The molecule has 80 valence electrons. The van der Waals surface area contributed by atoms with Gasteiger partial charge in [-0.05, 0) is 34.1 Å². The third kappa shape index (κ3) is 1.57. The van der Waals surface area contributed by atoms with Crippen molar-refractivity contribution in [3.05, 3.63) is 45.5 Å². The lowest BCUT2D eigenvalue weighted by atomic mass is 10.3. The van der Waals surface area contributed by atoms with Crippen molar-refractivity contribution in [2.75, 3.05) is 0 Å². The Morgan fingerprint density at radius 1 is 1.44 bits per heavy atom. The van der Waals surface area contributed by atoms with Gasteiger partial charge >= 0.3 is 0 Å². The van der Waals surface area contributed by atoms with Crippen LogP contribution in [0.1, 0.15) is 0 Å². The molecule has 0 fully saturated rings. The first kappa shape index (κ1) is 10.3. The van der Waals surface area contributed by atoms with E-state index in [9.17, 15) is 0 Å². The van der Waals surface area contributed by atoms with E-state index in [-0.39, 0.29) is 0 Å². The van der Waals surface area contributed by atoms with Crippen LogP contribution in [0.5, 0.6) is 0 Å². The monoisotopic (exact) mass is 312 g/mol. The summed E-state index contributed by atoms with van der Waals surface area (Å²) in [4.78, 5) is 5.49. The number of thiophene rings is 1. The van der Waals surface area contributed by atoms with Gasteiger partial charge in [0.05, 0.1) is 21.8 Å². The average molecular weight is 314 g/mol. The lowest BCUT2D eigenvalue weighted by Gasteiger charge is -1.99. The van der Waals surface area contributed by atoms with Crippen LogP contribution in [0.4, 0.5) is 0 Å². The van der Waals surface area contributed by atoms with Gasteiger partial charge in [-0.25, -0.2) is 4.98 Å². The summed E-state index contributed by atoms with van der Waals surface area (Å²) in [5, 5.41) is 2.73. The summed E-state index contributed by atoms with van der Waals surface area (Å²) in [6, 6.07) is 5.84. The minimum atomic E-state index is 0.671. The molecule has 0 atom stereocenters. The Hall–Kier alpha value is -0.840. The van der Waals surface area contributed by atoms with E-state index in [1.807, 2.05) is 28.9 Å². The zero-order chi connectivity index (χ0) is 11.1. The molecule has 3 aromatic heterocycles. The van der Waals surface area contributed by atoms with Gasteiger partial charge in [0, 0.05) is 16.0 Å². The van der Waals surface area contributed by atoms with Crippen LogP contribution in [-0.2, 0) is 0 Å². The van der Waals surface area contributed by atoms with Crippen molar-refractivity contribution in [1.82, 2.24) is 9.38 Å². The number of halogens is 2. The predicted octanol–water partition coefficient (Wildman–Crippen LogP) is 4.48. The van der Waals surface area contributed by atoms with Gasteiger partial charge in [0.2, 0.25) is 0 Å². The molecule has 2 nitrogen and oxygen atoms in total. The molecule has 3 aromatic rings. The van der Waals surface area contributed by atoms with Crippen LogP contribution in [0.25, 0.3) is 16.2 Å². The van der Waals surface area contributed by atoms with Gasteiger partial charge in [0.25, 0.3) is 0 Å². The van der Waals surface area contributed by atoms with Gasteiger partial charge in [0.1, 0.15) is 0 Å². The van der Waals surface area contributed by atoms with Gasteiger partial charge in [-0.15, -0.1) is 11.3 Å². The molecule has 0 unspecified atom stereocenters. The maximum Gasteiger partial charge on any atom is 0.156 e. The first-order valence-electron chi connectivity index (χ1n) is 4.62. The number of fused-ring (bicyclic) bond motifs is 1. The second kappa shape index (κ2) is 3.87. The minimum absolute atomic E-state index is 0.671. The number of nitrogens with zero attached hydrogens (tertiary/aromatic N) is 2. The van der Waals surface area contributed by atoms with Gasteiger partial charge in [-0.2, -0.15) is 0 Å². The summed E-state index contributed by atoms with van der Waals surface area (Å²) in [7, 11) is 0. The molecule has 0 N–H and O–H groups in total. The van der Waals surface area contributed by atoms with Crippen molar-refractivity contribution in [2.45, 2.75) is 0 Å². The fraction of sp³-hybridized carbons (Fsp3) is 0. The summed E-state index contributed by atoms with van der Waals surface area (Å²) in [5.41, 5.74) is 1.86. The SMILES string of the molecule is Clc1cccn2c(-c3cc(Br)cs3)cnc12. The molecule has 0 aliphatic rings. The fourth-order valence-corrected chi connectivity index (χ4v) is 3.25. The molecule has 3 rings (SSSR count). The quantitative estimate of drug-likeness (QED) is 0.647. The van der Waals surface area contributed by atoms with Gasteiger partial charge in [-0.1, -0.05) is 11.6 Å². The molecule has 0 saturated heterocycles. The number of imidazole rings is 1. The molecule has 16 heavy (non-hydrogen) atoms. The van der Waals surface area contributed by atoms with Crippen molar-refractivity contribution < 1.29 is 0 Å². The third-order valence-corrected chi connectivity index (χ3v) is 4.32. The predicted molar refractivity (Wildman–Crippen MR) is 71.2 cm³/mol. The summed E-state index contributed by atoms with van der Waals surface area (Å²) in [5.74, 6) is 0. The average Bonchev–Trinajstić information content (AvgIpc) is 2.84. The smallest absolute Gasteiger partial charge is 0.156 e. The lowest BCUT2D eigenvalue weighted by Crippen LogP contribution is -1.85. The van der Waals surface area contributed by atoms with Crippen LogP contribution in [-0.4, -0.2) is 9.38 Å². The van der Waals surface area contributed by atoms with E-state index in [2.05, 4.69) is 32.4 Å². The van der Waals surface area contributed by atoms with E-state index < -0.39 is 0 Å². The molecular formula is C11H6BrClN2S. The maximum atomic E-state index is 6.07. The minimum Gasteiger partial charge on any atom is -0.298 e. The Morgan fingerprint density at radius 2 is 2.31 bits per heavy atom. The first-order valence-corrected chi connectivity index (χ1v) is 6.67. The van der Waals surface area contributed by atoms with Crippen LogP contribution in [0.2, 0.25) is 5.02 Å². The number of hydrogen-bond acceptors (Lipinski definition) is 2. The highest BCUT2D eigenvalue weighted by molar-refractivity contribution is 9.10. The maximum absolute atomic E-state index is 6.07. The largest absolute Gasteiger partial charge is 0.298 e. The Kier molecular flexibility index (Phi) is 2.50. The Labute approximate surface area is 110 Å². The fourth-order valence-electron chi connectivity index (χ4n) is 1.61. The molecule has 0 aliphatic heterocycles. The molecule has 0 amide bonds. The molecule has 0 spiro atoms. The number of hydrogen-bond donors (Lipinski definition) is 0. The van der Waals surface area contributed by atoms with Crippen molar-refractivity contribution in [3.8, 4) is 10.6 Å². The van der Waals surface area contributed by atoms with Crippen LogP contribution in [0, 0.1) is 0 Å². The second-order valence-corrected chi connectivity index (χ2v) is 5.56. The number of pyridine rings is 1. The summed E-state index contributed by atoms with van der Waals surface area (Å²) in [6.07, 6.45) is 3.82. The van der Waals surface area contributed by atoms with Crippen LogP contribution < -0.4 is 0 Å². The number of rotatable bonds is 1. The van der Waals surface area contributed by atoms with Crippen molar-refractivity contribution in [3.63, 3.8) is 0 Å². The van der Waals surface area contributed by atoms with Gasteiger partial charge in [-0.3, -0.25) is 4.40 Å². The highest BCUT2D eigenvalue weighted by Gasteiger charge is 2.09. The van der Waals surface area contributed by atoms with Crippen LogP contribution >= 0.6 is 38.9 Å². The zero-order valence-electron chi connectivity index (χ0n) is 8.02. The van der Waals surface area contributed by atoms with E-state index >= 15 is 0 Å². The molecule has 5 heteroatoms. The van der Waals surface area contributed by atoms with E-state index in [1.54, 1.807) is 11.3 Å². The van der Waals surface area contributed by atoms with Crippen LogP contribution in [0.15, 0.2) is 40.4 Å². The highest BCUT2D eigenvalue weighted by atomic mass is 79.9. The van der Waals surface area contributed by atoms with Crippen LogP contribution in [0.3, 0.4) is 0 Å². The zero-order valence-corrected chi connectivity index (χ0v) is 11.2. The first-order chi connectivity index (χ1) is 7.75.